The van der Waals surface area contributed by atoms with E-state index in [0.29, 0.717) is 71.0 Å². The Morgan fingerprint density at radius 1 is 0.416 bits per heavy atom. The van der Waals surface area contributed by atoms with Crippen LogP contribution >= 0.6 is 29.0 Å². The molecule has 77 heavy (non-hydrogen) atoms. The Labute approximate surface area is 481 Å². The van der Waals surface area contributed by atoms with E-state index >= 15 is 0 Å². The van der Waals surface area contributed by atoms with Gasteiger partial charge in [-0.15, -0.1) is 0 Å². The first kappa shape index (κ1) is 65.2. The van der Waals surface area contributed by atoms with Gasteiger partial charge >= 0.3 is 17.2 Å². The Balaban J connectivity index is 1.51. The van der Waals surface area contributed by atoms with E-state index in [0.717, 1.165) is 59.8 Å². The lowest BCUT2D eigenvalue weighted by Gasteiger charge is -2.41. The molecule has 0 N–H and O–H groups in total. The Bertz CT molecular complexity index is 1910. The summed E-state index contributed by atoms with van der Waals surface area (Å²) in [6.45, 7) is 52.4. The first-order valence-corrected chi connectivity index (χ1v) is 34.4. The van der Waals surface area contributed by atoms with Gasteiger partial charge < -0.3 is 9.05 Å². The fourth-order valence-corrected chi connectivity index (χ4v) is 18.7. The first-order chi connectivity index (χ1) is 35.8. The van der Waals surface area contributed by atoms with E-state index in [9.17, 15) is 0 Å². The van der Waals surface area contributed by atoms with E-state index < -0.39 is 17.2 Å². The van der Waals surface area contributed by atoms with Crippen LogP contribution in [0.25, 0.3) is 0 Å². The molecule has 6 nitrogen and oxygen atoms in total. The van der Waals surface area contributed by atoms with E-state index in [1.54, 1.807) is 11.8 Å². The quantitative estimate of drug-likeness (QED) is 0.109. The average Bonchev–Trinajstić information content (AvgIpc) is 3.28. The minimum atomic E-state index is -1.77. The maximum absolute atomic E-state index is 7.51. The van der Waals surface area contributed by atoms with Crippen molar-refractivity contribution in [1.29, 1.82) is 0 Å². The highest BCUT2D eigenvalue weighted by molar-refractivity contribution is 7.99. The van der Waals surface area contributed by atoms with Gasteiger partial charge in [-0.2, -0.15) is 0 Å². The van der Waals surface area contributed by atoms with Crippen LogP contribution in [-0.4, -0.2) is 24.4 Å². The molecule has 0 amide bonds. The van der Waals surface area contributed by atoms with E-state index in [4.69, 9.17) is 27.1 Å². The Kier molecular flexibility index (Phi) is 23.4. The van der Waals surface area contributed by atoms with Crippen molar-refractivity contribution in [3.8, 4) is 11.5 Å². The van der Waals surface area contributed by atoms with Crippen LogP contribution in [0.1, 0.15) is 253 Å². The minimum absolute atomic E-state index is 0.0790. The van der Waals surface area contributed by atoms with Crippen molar-refractivity contribution in [2.24, 2.45) is 81.8 Å². The molecule has 0 radical (unpaired) electrons. The first-order valence-electron chi connectivity index (χ1n) is 31.4. The molecule has 2 aromatic carbocycles. The molecule has 0 spiro atoms. The van der Waals surface area contributed by atoms with E-state index in [-0.39, 0.29) is 46.1 Å². The van der Waals surface area contributed by atoms with Gasteiger partial charge in [0.2, 0.25) is 0 Å². The van der Waals surface area contributed by atoms with Gasteiger partial charge in [0, 0.05) is 0 Å². The zero-order valence-corrected chi connectivity index (χ0v) is 56.0. The summed E-state index contributed by atoms with van der Waals surface area (Å²) in [6.07, 6.45) is 16.2. The molecule has 4 aliphatic rings. The highest BCUT2D eigenvalue weighted by Gasteiger charge is 2.42. The van der Waals surface area contributed by atoms with Gasteiger partial charge in [0.1, 0.15) is 11.5 Å². The fourth-order valence-electron chi connectivity index (χ4n) is 14.8. The summed E-state index contributed by atoms with van der Waals surface area (Å²) in [5, 5.41) is 0. The lowest BCUT2D eigenvalue weighted by Crippen LogP contribution is -2.36. The third-order valence-electron chi connectivity index (χ3n) is 18.7. The second-order valence-electron chi connectivity index (χ2n) is 31.2. The van der Waals surface area contributed by atoms with Crippen LogP contribution < -0.4 is 9.05 Å². The van der Waals surface area contributed by atoms with Crippen molar-refractivity contribution in [2.45, 2.75) is 287 Å². The SMILES string of the molecule is CC(C)[C@@H]1CC[C@@H](C)C[C@H]1OP(Oc1ccc(C(C)(C)CC(C)(C)C)cc1Sc1cc(C(C)(C)CC(C)(C)C)ccc1OP(O[C@@H]1C[C@H](C)CC[C@H]1C(C)C)O[C@@H]1C[C@H](C)CC[C@H]1C(C)C)O[C@@H]1C[C@H](C)CC[C@H]1C(C)C. The molecule has 2 aromatic rings. The van der Waals surface area contributed by atoms with Crippen LogP contribution in [0.3, 0.4) is 0 Å². The van der Waals surface area contributed by atoms with Gasteiger partial charge in [-0.1, -0.05) is 202 Å². The van der Waals surface area contributed by atoms with Crippen molar-refractivity contribution < 1.29 is 27.1 Å². The van der Waals surface area contributed by atoms with Crippen LogP contribution in [0.15, 0.2) is 46.2 Å². The largest absolute Gasteiger partial charge is 0.426 e. The normalized spacial score (nSPS) is 29.4. The van der Waals surface area contributed by atoms with Gasteiger partial charge in [0.25, 0.3) is 0 Å². The van der Waals surface area contributed by atoms with Crippen LogP contribution in [0.2, 0.25) is 0 Å². The standard InChI is InChI=1S/C68H116O6P2S/c1-43(2)53-29-23-47(9)35-59(53)71-75(72-60-36-48(10)24-30-54(60)44(3)4)69-57-33-27-51(67(19,20)41-65(13,14)15)39-63(57)77-64-40-52(68(21,22)42-66(16,17)18)28-34-58(64)70-76(73-61-37-49(11)25-31-55(61)45(5)6)74-62-38-50(12)26-32-56(62)46(7)8/h27-28,33-34,39-40,43-50,53-56,59-62H,23-26,29-32,35-38,41-42H2,1-22H3/t47-,48-,49-,50-,53+,54+,55+,56+,59-,60-,61-,62-/m1/s1. The Hall–Kier alpha value is -0.910. The summed E-state index contributed by atoms with van der Waals surface area (Å²) in [7, 11) is -3.53. The molecule has 0 unspecified atom stereocenters. The second kappa shape index (κ2) is 27.7. The molecule has 0 saturated heterocycles. The third-order valence-corrected chi connectivity index (χ3v) is 22.2. The molecule has 4 fully saturated rings. The molecular formula is C68H116O6P2S. The summed E-state index contributed by atoms with van der Waals surface area (Å²) < 4.78 is 44.7. The third kappa shape index (κ3) is 19.1. The van der Waals surface area contributed by atoms with Gasteiger partial charge in [-0.3, -0.25) is 18.1 Å². The van der Waals surface area contributed by atoms with Crippen molar-refractivity contribution in [1.82, 2.24) is 0 Å². The van der Waals surface area contributed by atoms with Crippen molar-refractivity contribution in [2.75, 3.05) is 0 Å². The monoisotopic (exact) mass is 1120 g/mol. The minimum Gasteiger partial charge on any atom is -0.426 e. The molecular weight excluding hydrogens is 1010 g/mol. The predicted octanol–water partition coefficient (Wildman–Crippen LogP) is 22.4. The highest BCUT2D eigenvalue weighted by atomic mass is 32.2. The zero-order valence-electron chi connectivity index (χ0n) is 53.4. The summed E-state index contributed by atoms with van der Waals surface area (Å²) >= 11 is 1.78. The van der Waals surface area contributed by atoms with Crippen LogP contribution in [0.5, 0.6) is 11.5 Å². The zero-order chi connectivity index (χ0) is 56.9. The fraction of sp³-hybridized carbons (Fsp3) is 0.824. The maximum atomic E-state index is 7.51. The molecule has 0 bridgehead atoms. The number of hydrogen-bond acceptors (Lipinski definition) is 7. The molecule has 440 valence electrons. The van der Waals surface area contributed by atoms with Crippen molar-refractivity contribution in [3.05, 3.63) is 47.5 Å². The second-order valence-corrected chi connectivity index (χ2v) is 34.4. The number of benzene rings is 2. The van der Waals surface area contributed by atoms with Gasteiger partial charge in [-0.25, -0.2) is 0 Å². The Morgan fingerprint density at radius 3 is 0.909 bits per heavy atom. The van der Waals surface area contributed by atoms with Crippen molar-refractivity contribution >= 4 is 29.0 Å². The molecule has 12 atom stereocenters. The van der Waals surface area contributed by atoms with Gasteiger partial charge in [0.05, 0.1) is 34.2 Å². The predicted molar refractivity (Wildman–Crippen MR) is 331 cm³/mol. The summed E-state index contributed by atoms with van der Waals surface area (Å²) in [6, 6.07) is 14.0. The van der Waals surface area contributed by atoms with Crippen LogP contribution in [0, 0.1) is 81.8 Å². The lowest BCUT2D eigenvalue weighted by molar-refractivity contribution is -0.00331. The van der Waals surface area contributed by atoms with Gasteiger partial charge in [-0.05, 0) is 192 Å². The highest BCUT2D eigenvalue weighted by Crippen LogP contribution is 2.57. The Morgan fingerprint density at radius 2 is 0.675 bits per heavy atom. The smallest absolute Gasteiger partial charge is 0.397 e. The molecule has 0 aliphatic heterocycles. The van der Waals surface area contributed by atoms with Crippen LogP contribution in [-0.2, 0) is 28.9 Å². The summed E-state index contributed by atoms with van der Waals surface area (Å²) in [4.78, 5) is 2.12. The van der Waals surface area contributed by atoms with Gasteiger partial charge in [0.15, 0.2) is 0 Å². The van der Waals surface area contributed by atoms with E-state index in [1.165, 1.54) is 62.5 Å². The summed E-state index contributed by atoms with van der Waals surface area (Å²) in [5.41, 5.74) is 2.67. The number of rotatable bonds is 22. The molecule has 4 saturated carbocycles. The molecule has 9 heteroatoms. The summed E-state index contributed by atoms with van der Waals surface area (Å²) in [5.74, 6) is 7.93. The van der Waals surface area contributed by atoms with Crippen molar-refractivity contribution in [3.63, 3.8) is 0 Å². The average molecular weight is 1120 g/mol. The molecule has 4 aliphatic carbocycles. The maximum Gasteiger partial charge on any atom is 0.397 e. The van der Waals surface area contributed by atoms with E-state index in [2.05, 4.69) is 189 Å². The van der Waals surface area contributed by atoms with E-state index in [1.807, 2.05) is 0 Å². The molecule has 0 aromatic heterocycles. The number of hydrogen-bond donors (Lipinski definition) is 0. The molecule has 0 heterocycles. The van der Waals surface area contributed by atoms with Crippen LogP contribution in [0.4, 0.5) is 0 Å². The lowest BCUT2D eigenvalue weighted by atomic mass is 9.72. The topological polar surface area (TPSA) is 55.4 Å². The molecule has 6 rings (SSSR count).